The van der Waals surface area contributed by atoms with Gasteiger partial charge in [-0.15, -0.1) is 0 Å². The second-order valence-corrected chi connectivity index (χ2v) is 8.16. The SMILES string of the molecule is CN(C)CCN1CCN(c2ccc(-c3cc4c(Cl)cccc4c(=O)[nH]3)cn2)CC1. The van der Waals surface area contributed by atoms with Crippen LogP contribution in [0.15, 0.2) is 47.4 Å². The first-order valence-electron chi connectivity index (χ1n) is 9.91. The Morgan fingerprint density at radius 2 is 1.90 bits per heavy atom. The molecule has 7 heteroatoms. The average molecular weight is 412 g/mol. The zero-order valence-electron chi connectivity index (χ0n) is 16.9. The van der Waals surface area contributed by atoms with Crippen LogP contribution in [-0.4, -0.2) is 73.1 Å². The summed E-state index contributed by atoms with van der Waals surface area (Å²) in [5.41, 5.74) is 1.46. The van der Waals surface area contributed by atoms with Crippen LogP contribution in [0.5, 0.6) is 0 Å². The van der Waals surface area contributed by atoms with Crippen LogP contribution in [0, 0.1) is 0 Å². The van der Waals surface area contributed by atoms with Crippen LogP contribution in [0.1, 0.15) is 0 Å². The Bertz CT molecular complexity index is 1040. The monoisotopic (exact) mass is 411 g/mol. The Kier molecular flexibility index (Phi) is 5.85. The molecule has 0 radical (unpaired) electrons. The number of benzene rings is 1. The van der Waals surface area contributed by atoms with Crippen molar-refractivity contribution < 1.29 is 0 Å². The van der Waals surface area contributed by atoms with Gasteiger partial charge in [-0.25, -0.2) is 4.98 Å². The molecule has 0 unspecified atom stereocenters. The second kappa shape index (κ2) is 8.53. The van der Waals surface area contributed by atoms with Gasteiger partial charge in [0.05, 0.1) is 5.69 Å². The van der Waals surface area contributed by atoms with Gasteiger partial charge >= 0.3 is 0 Å². The Hall–Kier alpha value is -2.41. The van der Waals surface area contributed by atoms with Crippen molar-refractivity contribution in [2.75, 3.05) is 58.3 Å². The van der Waals surface area contributed by atoms with E-state index >= 15 is 0 Å². The van der Waals surface area contributed by atoms with E-state index in [0.717, 1.165) is 61.7 Å². The number of fused-ring (bicyclic) bond motifs is 1. The minimum absolute atomic E-state index is 0.141. The number of aromatic amines is 1. The summed E-state index contributed by atoms with van der Waals surface area (Å²) >= 11 is 6.28. The molecule has 1 fully saturated rings. The quantitative estimate of drug-likeness (QED) is 0.699. The maximum Gasteiger partial charge on any atom is 0.256 e. The third-order valence-corrected chi connectivity index (χ3v) is 5.78. The van der Waals surface area contributed by atoms with Gasteiger partial charge in [-0.2, -0.15) is 0 Å². The van der Waals surface area contributed by atoms with Crippen molar-refractivity contribution >= 4 is 28.2 Å². The molecule has 1 aromatic carbocycles. The topological polar surface area (TPSA) is 55.5 Å². The number of hydrogen-bond acceptors (Lipinski definition) is 5. The van der Waals surface area contributed by atoms with E-state index < -0.39 is 0 Å². The Labute approximate surface area is 175 Å². The van der Waals surface area contributed by atoms with Crippen LogP contribution in [0.3, 0.4) is 0 Å². The lowest BCUT2D eigenvalue weighted by Gasteiger charge is -2.35. The van der Waals surface area contributed by atoms with E-state index in [9.17, 15) is 4.79 Å². The molecular formula is C22H26ClN5O. The average Bonchev–Trinajstić information content (AvgIpc) is 2.73. The van der Waals surface area contributed by atoms with Crippen LogP contribution >= 0.6 is 11.6 Å². The van der Waals surface area contributed by atoms with E-state index in [1.54, 1.807) is 18.2 Å². The molecule has 1 saturated heterocycles. The van der Waals surface area contributed by atoms with Gasteiger partial charge in [0.25, 0.3) is 5.56 Å². The molecule has 4 rings (SSSR count). The van der Waals surface area contributed by atoms with Gasteiger partial charge in [-0.1, -0.05) is 17.7 Å². The number of likely N-dealkylation sites (N-methyl/N-ethyl adjacent to an activating group) is 1. The number of H-pyrrole nitrogens is 1. The summed E-state index contributed by atoms with van der Waals surface area (Å²) in [5, 5.41) is 1.93. The largest absolute Gasteiger partial charge is 0.354 e. The summed E-state index contributed by atoms with van der Waals surface area (Å²) in [7, 11) is 4.22. The summed E-state index contributed by atoms with van der Waals surface area (Å²) in [4.78, 5) is 27.0. The highest BCUT2D eigenvalue weighted by Crippen LogP contribution is 2.26. The van der Waals surface area contributed by atoms with E-state index in [2.05, 4.69) is 38.8 Å². The number of anilines is 1. The lowest BCUT2D eigenvalue weighted by Crippen LogP contribution is -2.48. The summed E-state index contributed by atoms with van der Waals surface area (Å²) in [6.45, 7) is 6.23. The maximum atomic E-state index is 12.4. The Balaban J connectivity index is 1.48. The highest BCUT2D eigenvalue weighted by atomic mass is 35.5. The molecule has 0 saturated carbocycles. The smallest absolute Gasteiger partial charge is 0.256 e. The van der Waals surface area contributed by atoms with Crippen molar-refractivity contribution in [3.05, 3.63) is 58.0 Å². The van der Waals surface area contributed by atoms with Crippen molar-refractivity contribution in [2.45, 2.75) is 0 Å². The number of aromatic nitrogens is 2. The lowest BCUT2D eigenvalue weighted by molar-refractivity contribution is 0.229. The van der Waals surface area contributed by atoms with Crippen LogP contribution in [0.4, 0.5) is 5.82 Å². The fraction of sp³-hybridized carbons (Fsp3) is 0.364. The van der Waals surface area contributed by atoms with Crippen molar-refractivity contribution in [1.29, 1.82) is 0 Å². The van der Waals surface area contributed by atoms with Gasteiger partial charge in [0.2, 0.25) is 0 Å². The van der Waals surface area contributed by atoms with E-state index in [0.29, 0.717) is 10.4 Å². The third kappa shape index (κ3) is 4.45. The molecule has 0 bridgehead atoms. The molecule has 1 N–H and O–H groups in total. The molecular weight excluding hydrogens is 386 g/mol. The van der Waals surface area contributed by atoms with Gasteiger partial charge in [-0.3, -0.25) is 9.69 Å². The molecule has 2 aromatic heterocycles. The van der Waals surface area contributed by atoms with Crippen molar-refractivity contribution in [3.8, 4) is 11.3 Å². The normalized spacial score (nSPS) is 15.4. The van der Waals surface area contributed by atoms with Gasteiger partial charge in [-0.05, 0) is 44.4 Å². The first kappa shape index (κ1) is 19.9. The van der Waals surface area contributed by atoms with Crippen molar-refractivity contribution in [1.82, 2.24) is 19.8 Å². The number of halogens is 1. The molecule has 0 aliphatic carbocycles. The highest BCUT2D eigenvalue weighted by Gasteiger charge is 2.18. The summed E-state index contributed by atoms with van der Waals surface area (Å²) in [6.07, 6.45) is 1.82. The standard InChI is InChI=1S/C22H26ClN5O/c1-26(2)8-9-27-10-12-28(13-11-27)21-7-6-16(15-24-21)20-14-18-17(22(29)25-20)4-3-5-19(18)23/h3-7,14-15H,8-13H2,1-2H3,(H,25,29). The van der Waals surface area contributed by atoms with E-state index in [4.69, 9.17) is 11.6 Å². The minimum Gasteiger partial charge on any atom is -0.354 e. The number of nitrogens with one attached hydrogen (secondary N) is 1. The Morgan fingerprint density at radius 1 is 1.10 bits per heavy atom. The van der Waals surface area contributed by atoms with Crippen LogP contribution in [0.25, 0.3) is 22.0 Å². The molecule has 0 amide bonds. The second-order valence-electron chi connectivity index (χ2n) is 7.75. The van der Waals surface area contributed by atoms with Crippen molar-refractivity contribution in [2.24, 2.45) is 0 Å². The van der Waals surface area contributed by atoms with Gasteiger partial charge in [0, 0.05) is 66.8 Å². The van der Waals surface area contributed by atoms with E-state index in [-0.39, 0.29) is 5.56 Å². The van der Waals surface area contributed by atoms with E-state index in [1.165, 1.54) is 0 Å². The summed E-state index contributed by atoms with van der Waals surface area (Å²) in [5.74, 6) is 0.974. The number of nitrogens with zero attached hydrogens (tertiary/aromatic N) is 4. The van der Waals surface area contributed by atoms with Crippen LogP contribution < -0.4 is 10.5 Å². The molecule has 0 atom stereocenters. The van der Waals surface area contributed by atoms with Crippen LogP contribution in [0.2, 0.25) is 5.02 Å². The number of rotatable bonds is 5. The summed E-state index contributed by atoms with van der Waals surface area (Å²) < 4.78 is 0. The van der Waals surface area contributed by atoms with Crippen molar-refractivity contribution in [3.63, 3.8) is 0 Å². The molecule has 1 aliphatic heterocycles. The van der Waals surface area contributed by atoms with Gasteiger partial charge in [0.15, 0.2) is 0 Å². The predicted molar refractivity (Wildman–Crippen MR) is 120 cm³/mol. The third-order valence-electron chi connectivity index (χ3n) is 5.45. The first-order valence-corrected chi connectivity index (χ1v) is 10.3. The zero-order chi connectivity index (χ0) is 20.4. The molecule has 6 nitrogen and oxygen atoms in total. The van der Waals surface area contributed by atoms with Gasteiger partial charge in [0.1, 0.15) is 5.82 Å². The molecule has 152 valence electrons. The molecule has 0 spiro atoms. The minimum atomic E-state index is -0.141. The zero-order valence-corrected chi connectivity index (χ0v) is 17.6. The maximum absolute atomic E-state index is 12.4. The molecule has 3 heterocycles. The lowest BCUT2D eigenvalue weighted by atomic mass is 10.1. The summed E-state index contributed by atoms with van der Waals surface area (Å²) in [6, 6.07) is 11.3. The highest BCUT2D eigenvalue weighted by molar-refractivity contribution is 6.35. The first-order chi connectivity index (χ1) is 14.0. The number of pyridine rings is 2. The molecule has 1 aliphatic rings. The van der Waals surface area contributed by atoms with Crippen LogP contribution in [-0.2, 0) is 0 Å². The molecule has 3 aromatic rings. The number of hydrogen-bond donors (Lipinski definition) is 1. The molecule has 29 heavy (non-hydrogen) atoms. The van der Waals surface area contributed by atoms with Gasteiger partial charge < -0.3 is 14.8 Å². The predicted octanol–water partition coefficient (Wildman–Crippen LogP) is 2.93. The fourth-order valence-electron chi connectivity index (χ4n) is 3.68. The van der Waals surface area contributed by atoms with E-state index in [1.807, 2.05) is 24.4 Å². The Morgan fingerprint density at radius 3 is 2.59 bits per heavy atom. The fourth-order valence-corrected chi connectivity index (χ4v) is 3.91. The number of piperazine rings is 1.